The number of carbonyl (C=O) groups excluding carboxylic acids is 1. The molecule has 1 N–H and O–H groups in total. The molecular formula is C12H12FNO3S. The van der Waals surface area contributed by atoms with Crippen LogP contribution in [0.4, 0.5) is 10.1 Å². The number of anilines is 1. The number of hydrogen-bond acceptors (Lipinski definition) is 3. The minimum absolute atomic E-state index is 0.0995. The van der Waals surface area contributed by atoms with Crippen LogP contribution < -0.4 is 4.90 Å². The number of hydrogen-bond donors (Lipinski definition) is 1. The molecule has 0 aromatic heterocycles. The number of nitrogens with zero attached hydrogens (tertiary/aromatic N) is 1. The Morgan fingerprint density at radius 2 is 2.17 bits per heavy atom. The summed E-state index contributed by atoms with van der Waals surface area (Å²) in [5, 5.41) is 8.49. The van der Waals surface area contributed by atoms with Gasteiger partial charge in [-0.1, -0.05) is 6.07 Å². The van der Waals surface area contributed by atoms with Crippen molar-refractivity contribution < 1.29 is 19.1 Å². The van der Waals surface area contributed by atoms with Crippen molar-refractivity contribution in [3.8, 4) is 0 Å². The van der Waals surface area contributed by atoms with Gasteiger partial charge >= 0.3 is 5.97 Å². The molecule has 1 heterocycles. The predicted molar refractivity (Wildman–Crippen MR) is 67.4 cm³/mol. The summed E-state index contributed by atoms with van der Waals surface area (Å²) in [5.41, 5.74) is 1.17. The molecule has 18 heavy (non-hydrogen) atoms. The van der Waals surface area contributed by atoms with Gasteiger partial charge in [0.2, 0.25) is 5.91 Å². The Balaban J connectivity index is 2.02. The van der Waals surface area contributed by atoms with Crippen LogP contribution in [0.1, 0.15) is 5.56 Å². The van der Waals surface area contributed by atoms with Crippen molar-refractivity contribution in [2.24, 2.45) is 0 Å². The molecule has 1 aliphatic rings. The highest BCUT2D eigenvalue weighted by atomic mass is 32.2. The van der Waals surface area contributed by atoms with E-state index < -0.39 is 5.97 Å². The SMILES string of the molecule is O=C(O)CSCC(=O)N1CCc2c(F)cccc21. The lowest BCUT2D eigenvalue weighted by atomic mass is 10.1. The topological polar surface area (TPSA) is 57.6 Å². The lowest BCUT2D eigenvalue weighted by molar-refractivity contribution is -0.133. The first kappa shape index (κ1) is 12.9. The minimum Gasteiger partial charge on any atom is -0.481 e. The summed E-state index contributed by atoms with van der Waals surface area (Å²) >= 11 is 1.05. The van der Waals surface area contributed by atoms with E-state index in [0.717, 1.165) is 11.8 Å². The highest BCUT2D eigenvalue weighted by Crippen LogP contribution is 2.30. The number of thioether (sulfide) groups is 1. The first-order valence-electron chi connectivity index (χ1n) is 5.47. The van der Waals surface area contributed by atoms with Crippen molar-refractivity contribution in [3.63, 3.8) is 0 Å². The van der Waals surface area contributed by atoms with E-state index in [4.69, 9.17) is 5.11 Å². The number of halogens is 1. The first-order valence-corrected chi connectivity index (χ1v) is 6.62. The van der Waals surface area contributed by atoms with Crippen molar-refractivity contribution in [2.75, 3.05) is 23.0 Å². The summed E-state index contributed by atoms with van der Waals surface area (Å²) in [4.78, 5) is 23.8. The van der Waals surface area contributed by atoms with Crippen molar-refractivity contribution in [2.45, 2.75) is 6.42 Å². The number of benzene rings is 1. The van der Waals surface area contributed by atoms with Crippen LogP contribution >= 0.6 is 11.8 Å². The molecule has 0 atom stereocenters. The Morgan fingerprint density at radius 1 is 1.39 bits per heavy atom. The molecule has 1 aliphatic heterocycles. The molecule has 0 saturated carbocycles. The number of amides is 1. The monoisotopic (exact) mass is 269 g/mol. The van der Waals surface area contributed by atoms with Gasteiger partial charge in [0.1, 0.15) is 5.82 Å². The zero-order chi connectivity index (χ0) is 13.1. The average molecular weight is 269 g/mol. The molecule has 0 unspecified atom stereocenters. The van der Waals surface area contributed by atoms with Crippen LogP contribution in [-0.2, 0) is 16.0 Å². The van der Waals surface area contributed by atoms with Gasteiger partial charge in [-0.2, -0.15) is 0 Å². The summed E-state index contributed by atoms with van der Waals surface area (Å²) in [6.45, 7) is 0.461. The van der Waals surface area contributed by atoms with Crippen LogP contribution in [-0.4, -0.2) is 35.0 Å². The van der Waals surface area contributed by atoms with Crippen LogP contribution in [0.2, 0.25) is 0 Å². The van der Waals surface area contributed by atoms with E-state index in [1.54, 1.807) is 12.1 Å². The number of fused-ring (bicyclic) bond motifs is 1. The molecule has 4 nitrogen and oxygen atoms in total. The van der Waals surface area contributed by atoms with E-state index in [1.807, 2.05) is 0 Å². The van der Waals surface area contributed by atoms with E-state index in [2.05, 4.69) is 0 Å². The lowest BCUT2D eigenvalue weighted by Gasteiger charge is -2.16. The van der Waals surface area contributed by atoms with E-state index in [0.29, 0.717) is 24.2 Å². The Labute approximate surface area is 108 Å². The van der Waals surface area contributed by atoms with Crippen molar-refractivity contribution in [3.05, 3.63) is 29.6 Å². The van der Waals surface area contributed by atoms with Gasteiger partial charge in [0, 0.05) is 17.8 Å². The number of aliphatic carboxylic acids is 1. The van der Waals surface area contributed by atoms with E-state index in [-0.39, 0.29) is 23.2 Å². The maximum Gasteiger partial charge on any atom is 0.313 e. The Hall–Kier alpha value is -1.56. The minimum atomic E-state index is -0.944. The number of rotatable bonds is 4. The fraction of sp³-hybridized carbons (Fsp3) is 0.333. The fourth-order valence-electron chi connectivity index (χ4n) is 1.95. The molecule has 0 spiro atoms. The lowest BCUT2D eigenvalue weighted by Crippen LogP contribution is -2.30. The highest BCUT2D eigenvalue weighted by molar-refractivity contribution is 8.00. The third-order valence-corrected chi connectivity index (χ3v) is 3.62. The molecule has 6 heteroatoms. The molecule has 96 valence electrons. The molecule has 1 aromatic carbocycles. The Kier molecular flexibility index (Phi) is 3.86. The van der Waals surface area contributed by atoms with Crippen molar-refractivity contribution in [1.29, 1.82) is 0 Å². The molecule has 0 bridgehead atoms. The van der Waals surface area contributed by atoms with Gasteiger partial charge in [-0.25, -0.2) is 4.39 Å². The molecule has 1 aromatic rings. The zero-order valence-corrected chi connectivity index (χ0v) is 10.4. The summed E-state index contributed by atoms with van der Waals surface area (Å²) in [5.74, 6) is -1.41. The maximum atomic E-state index is 13.5. The smallest absolute Gasteiger partial charge is 0.313 e. The van der Waals surface area contributed by atoms with Crippen LogP contribution in [0.25, 0.3) is 0 Å². The van der Waals surface area contributed by atoms with Crippen molar-refractivity contribution in [1.82, 2.24) is 0 Å². The Morgan fingerprint density at radius 3 is 2.89 bits per heavy atom. The first-order chi connectivity index (χ1) is 8.59. The van der Waals surface area contributed by atoms with Gasteiger partial charge in [-0.3, -0.25) is 9.59 Å². The molecule has 0 saturated heterocycles. The maximum absolute atomic E-state index is 13.5. The molecule has 0 radical (unpaired) electrons. The third-order valence-electron chi connectivity index (χ3n) is 2.72. The second-order valence-corrected chi connectivity index (χ2v) is 4.91. The van der Waals surface area contributed by atoms with Gasteiger partial charge in [0.15, 0.2) is 0 Å². The summed E-state index contributed by atoms with van der Waals surface area (Å²) in [7, 11) is 0. The van der Waals surface area contributed by atoms with E-state index in [1.165, 1.54) is 11.0 Å². The van der Waals surface area contributed by atoms with Gasteiger partial charge in [0.05, 0.1) is 11.5 Å². The normalized spacial score (nSPS) is 13.5. The predicted octanol–water partition coefficient (Wildman–Crippen LogP) is 1.53. The molecule has 1 amide bonds. The standard InChI is InChI=1S/C12H12FNO3S/c13-9-2-1-3-10-8(9)4-5-14(10)11(15)6-18-7-12(16)17/h1-3H,4-7H2,(H,16,17). The van der Waals surface area contributed by atoms with Gasteiger partial charge in [-0.15, -0.1) is 11.8 Å². The average Bonchev–Trinajstić information content (AvgIpc) is 2.73. The van der Waals surface area contributed by atoms with Crippen LogP contribution in [0.3, 0.4) is 0 Å². The fourth-order valence-corrected chi connectivity index (χ4v) is 2.56. The summed E-state index contributed by atoms with van der Waals surface area (Å²) in [6.07, 6.45) is 0.511. The Bertz CT molecular complexity index is 492. The van der Waals surface area contributed by atoms with E-state index >= 15 is 0 Å². The van der Waals surface area contributed by atoms with Crippen LogP contribution in [0.15, 0.2) is 18.2 Å². The number of carboxylic acids is 1. The largest absolute Gasteiger partial charge is 0.481 e. The van der Waals surface area contributed by atoms with Crippen molar-refractivity contribution >= 4 is 29.3 Å². The third kappa shape index (κ3) is 2.64. The quantitative estimate of drug-likeness (QED) is 0.900. The number of carbonyl (C=O) groups is 2. The zero-order valence-electron chi connectivity index (χ0n) is 9.56. The molecule has 0 aliphatic carbocycles. The van der Waals surface area contributed by atoms with Crippen LogP contribution in [0.5, 0.6) is 0 Å². The van der Waals surface area contributed by atoms with Gasteiger partial charge in [0.25, 0.3) is 0 Å². The molecule has 0 fully saturated rings. The summed E-state index contributed by atoms with van der Waals surface area (Å²) in [6, 6.07) is 4.67. The summed E-state index contributed by atoms with van der Waals surface area (Å²) < 4.78 is 13.5. The van der Waals surface area contributed by atoms with E-state index in [9.17, 15) is 14.0 Å². The molecule has 2 rings (SSSR count). The highest BCUT2D eigenvalue weighted by Gasteiger charge is 2.26. The molecular weight excluding hydrogens is 257 g/mol. The van der Waals surface area contributed by atoms with Crippen LogP contribution in [0, 0.1) is 5.82 Å². The second kappa shape index (κ2) is 5.39. The second-order valence-electron chi connectivity index (χ2n) is 3.92. The number of carboxylic acid groups (broad SMARTS) is 1. The van der Waals surface area contributed by atoms with Gasteiger partial charge in [-0.05, 0) is 18.6 Å². The van der Waals surface area contributed by atoms with Gasteiger partial charge < -0.3 is 10.0 Å².